The molecule has 2 fully saturated rings. The Balaban J connectivity index is 1.73. The summed E-state index contributed by atoms with van der Waals surface area (Å²) < 4.78 is 0. The van der Waals surface area contributed by atoms with Gasteiger partial charge in [-0.2, -0.15) is 0 Å². The van der Waals surface area contributed by atoms with Crippen molar-refractivity contribution >= 4 is 29.7 Å². The smallest absolute Gasteiger partial charge is 0.326 e. The summed E-state index contributed by atoms with van der Waals surface area (Å²) in [5, 5.41) is 12.3. The van der Waals surface area contributed by atoms with Gasteiger partial charge in [-0.1, -0.05) is 30.3 Å². The van der Waals surface area contributed by atoms with Crippen LogP contribution in [0.2, 0.25) is 0 Å². The maximum atomic E-state index is 13.7. The maximum absolute atomic E-state index is 13.7. The first-order valence-corrected chi connectivity index (χ1v) is 12.7. The highest BCUT2D eigenvalue weighted by atomic mass is 16.4. The lowest BCUT2D eigenvalue weighted by molar-refractivity contribution is -0.152. The van der Waals surface area contributed by atoms with E-state index in [0.29, 0.717) is 58.2 Å². The molecule has 0 radical (unpaired) electrons. The van der Waals surface area contributed by atoms with Crippen molar-refractivity contribution in [1.29, 1.82) is 0 Å². The molecule has 1 aromatic rings. The van der Waals surface area contributed by atoms with E-state index in [2.05, 4.69) is 10.3 Å². The van der Waals surface area contributed by atoms with E-state index in [-0.39, 0.29) is 24.2 Å². The van der Waals surface area contributed by atoms with Gasteiger partial charge in [0.15, 0.2) is 5.96 Å². The monoisotopic (exact) mass is 515 g/mol. The van der Waals surface area contributed by atoms with E-state index < -0.39 is 36.0 Å². The van der Waals surface area contributed by atoms with E-state index >= 15 is 0 Å². The Morgan fingerprint density at radius 2 is 1.68 bits per heavy atom. The fourth-order valence-corrected chi connectivity index (χ4v) is 4.95. The summed E-state index contributed by atoms with van der Waals surface area (Å²) in [6, 6.07) is 5.84. The van der Waals surface area contributed by atoms with E-state index in [1.807, 2.05) is 30.3 Å². The van der Waals surface area contributed by atoms with Crippen LogP contribution in [0.1, 0.15) is 44.1 Å². The van der Waals surface area contributed by atoms with Crippen LogP contribution < -0.4 is 22.5 Å². The van der Waals surface area contributed by atoms with Crippen LogP contribution in [0.4, 0.5) is 0 Å². The number of benzene rings is 1. The Bertz CT molecular complexity index is 998. The summed E-state index contributed by atoms with van der Waals surface area (Å²) in [4.78, 5) is 58.3. The van der Waals surface area contributed by atoms with Gasteiger partial charge in [-0.05, 0) is 44.1 Å². The van der Waals surface area contributed by atoms with Crippen molar-refractivity contribution in [3.05, 3.63) is 35.9 Å². The van der Waals surface area contributed by atoms with Gasteiger partial charge in [0.1, 0.15) is 18.1 Å². The molecule has 3 rings (SSSR count). The number of carboxylic acid groups (broad SMARTS) is 1. The first-order valence-electron chi connectivity index (χ1n) is 12.7. The van der Waals surface area contributed by atoms with Gasteiger partial charge in [0, 0.05) is 26.1 Å². The van der Waals surface area contributed by atoms with Crippen LogP contribution in [-0.2, 0) is 25.6 Å². The molecule has 0 bridgehead atoms. The van der Waals surface area contributed by atoms with Crippen molar-refractivity contribution in [2.24, 2.45) is 22.2 Å². The SMILES string of the molecule is NC(N)=NCCCC(N)C(=O)NC(Cc1ccccc1)C(=O)N1CCCC1C(=O)N1CCCC1C(=O)O. The third kappa shape index (κ3) is 7.42. The van der Waals surface area contributed by atoms with E-state index in [9.17, 15) is 24.3 Å². The Hall–Kier alpha value is -3.67. The summed E-state index contributed by atoms with van der Waals surface area (Å²) in [6.45, 7) is 1.04. The topological polar surface area (TPSA) is 197 Å². The zero-order valence-electron chi connectivity index (χ0n) is 20.9. The summed E-state index contributed by atoms with van der Waals surface area (Å²) in [5.74, 6) is -2.29. The number of likely N-dealkylation sites (tertiary alicyclic amines) is 2. The van der Waals surface area contributed by atoms with Gasteiger partial charge < -0.3 is 37.4 Å². The second-order valence-corrected chi connectivity index (χ2v) is 9.52. The summed E-state index contributed by atoms with van der Waals surface area (Å²) in [5.41, 5.74) is 17.5. The number of carbonyl (C=O) groups excluding carboxylic acids is 3. The molecule has 4 atom stereocenters. The number of carboxylic acids is 1. The lowest BCUT2D eigenvalue weighted by Crippen LogP contribution is -2.57. The molecule has 2 aliphatic rings. The zero-order chi connectivity index (χ0) is 26.9. The van der Waals surface area contributed by atoms with Gasteiger partial charge in [-0.3, -0.25) is 19.4 Å². The van der Waals surface area contributed by atoms with E-state index in [1.165, 1.54) is 9.80 Å². The Morgan fingerprint density at radius 3 is 2.32 bits per heavy atom. The number of nitrogens with two attached hydrogens (primary N) is 3. The van der Waals surface area contributed by atoms with Gasteiger partial charge in [0.05, 0.1) is 6.04 Å². The minimum atomic E-state index is -1.04. The largest absolute Gasteiger partial charge is 0.480 e. The van der Waals surface area contributed by atoms with Crippen molar-refractivity contribution in [2.75, 3.05) is 19.6 Å². The van der Waals surface area contributed by atoms with Gasteiger partial charge in [-0.25, -0.2) is 4.79 Å². The summed E-state index contributed by atoms with van der Waals surface area (Å²) in [6.07, 6.45) is 3.11. The van der Waals surface area contributed by atoms with Crippen LogP contribution in [0, 0.1) is 0 Å². The molecule has 2 heterocycles. The molecule has 3 amide bonds. The number of hydrogen-bond donors (Lipinski definition) is 5. The quantitative estimate of drug-likeness (QED) is 0.143. The number of guanidine groups is 1. The first-order chi connectivity index (χ1) is 17.7. The van der Waals surface area contributed by atoms with Crippen LogP contribution in [0.5, 0.6) is 0 Å². The number of aliphatic imine (C=N–C) groups is 1. The molecule has 1 aromatic carbocycles. The molecule has 12 heteroatoms. The van der Waals surface area contributed by atoms with Gasteiger partial charge in [0.2, 0.25) is 17.7 Å². The van der Waals surface area contributed by atoms with Crippen LogP contribution in [0.25, 0.3) is 0 Å². The number of hydrogen-bond acceptors (Lipinski definition) is 6. The molecule has 2 aliphatic heterocycles. The van der Waals surface area contributed by atoms with Crippen LogP contribution >= 0.6 is 0 Å². The normalized spacial score (nSPS) is 20.8. The van der Waals surface area contributed by atoms with Crippen molar-refractivity contribution < 1.29 is 24.3 Å². The van der Waals surface area contributed by atoms with Gasteiger partial charge >= 0.3 is 5.97 Å². The lowest BCUT2D eigenvalue weighted by atomic mass is 10.0. The Kier molecular flexibility index (Phi) is 9.84. The molecule has 0 spiro atoms. The predicted octanol–water partition coefficient (Wildman–Crippen LogP) is -0.839. The number of rotatable bonds is 11. The number of carbonyl (C=O) groups is 4. The summed E-state index contributed by atoms with van der Waals surface area (Å²) in [7, 11) is 0. The average molecular weight is 516 g/mol. The highest BCUT2D eigenvalue weighted by Gasteiger charge is 2.43. The second-order valence-electron chi connectivity index (χ2n) is 9.52. The number of nitrogens with one attached hydrogen (secondary N) is 1. The fraction of sp³-hybridized carbons (Fsp3) is 0.560. The molecule has 8 N–H and O–H groups in total. The van der Waals surface area contributed by atoms with Crippen LogP contribution in [0.3, 0.4) is 0 Å². The molecule has 202 valence electrons. The Labute approximate surface area is 216 Å². The number of aliphatic carboxylic acids is 1. The van der Waals surface area contributed by atoms with E-state index in [1.54, 1.807) is 0 Å². The second kappa shape index (κ2) is 13.0. The molecular weight excluding hydrogens is 478 g/mol. The Morgan fingerprint density at radius 1 is 1.03 bits per heavy atom. The highest BCUT2D eigenvalue weighted by Crippen LogP contribution is 2.26. The predicted molar refractivity (Wildman–Crippen MR) is 137 cm³/mol. The minimum Gasteiger partial charge on any atom is -0.480 e. The minimum absolute atomic E-state index is 0.0372. The molecule has 2 saturated heterocycles. The standard InChI is InChI=1S/C25H37N7O5/c26-17(9-4-12-29-25(27)28)21(33)30-18(15-16-7-2-1-3-8-16)22(34)31-13-5-10-19(31)23(35)32-14-6-11-20(32)24(36)37/h1-3,7-8,17-20H,4-6,9-15,26H2,(H,30,33)(H,36,37)(H4,27,28,29). The van der Waals surface area contributed by atoms with Crippen molar-refractivity contribution in [2.45, 2.75) is 69.1 Å². The van der Waals surface area contributed by atoms with Crippen LogP contribution in [-0.4, -0.2) is 88.4 Å². The molecule has 0 aromatic heterocycles. The maximum Gasteiger partial charge on any atom is 0.326 e. The molecular formula is C25H37N7O5. The summed E-state index contributed by atoms with van der Waals surface area (Å²) >= 11 is 0. The molecule has 37 heavy (non-hydrogen) atoms. The molecule has 0 saturated carbocycles. The molecule has 0 aliphatic carbocycles. The van der Waals surface area contributed by atoms with Crippen LogP contribution in [0.15, 0.2) is 35.3 Å². The fourth-order valence-electron chi connectivity index (χ4n) is 4.95. The zero-order valence-corrected chi connectivity index (χ0v) is 20.9. The third-order valence-electron chi connectivity index (χ3n) is 6.84. The van der Waals surface area contributed by atoms with Crippen molar-refractivity contribution in [3.8, 4) is 0 Å². The third-order valence-corrected chi connectivity index (χ3v) is 6.84. The number of nitrogens with zero attached hydrogens (tertiary/aromatic N) is 3. The first kappa shape index (κ1) is 27.9. The van der Waals surface area contributed by atoms with Crippen molar-refractivity contribution in [3.63, 3.8) is 0 Å². The van der Waals surface area contributed by atoms with E-state index in [0.717, 1.165) is 5.56 Å². The highest BCUT2D eigenvalue weighted by molar-refractivity contribution is 5.95. The van der Waals surface area contributed by atoms with E-state index in [4.69, 9.17) is 17.2 Å². The average Bonchev–Trinajstić information content (AvgIpc) is 3.56. The van der Waals surface area contributed by atoms with Gasteiger partial charge in [0.25, 0.3) is 0 Å². The van der Waals surface area contributed by atoms with Crippen molar-refractivity contribution in [1.82, 2.24) is 15.1 Å². The number of amides is 3. The molecule has 12 nitrogen and oxygen atoms in total. The molecule has 4 unspecified atom stereocenters. The lowest BCUT2D eigenvalue weighted by Gasteiger charge is -2.32. The van der Waals surface area contributed by atoms with Gasteiger partial charge in [-0.15, -0.1) is 0 Å².